The fraction of sp³-hybridized carbons (Fsp3) is 0.185. The molecule has 1 aliphatic heterocycles. The lowest BCUT2D eigenvalue weighted by Gasteiger charge is -2.35. The van der Waals surface area contributed by atoms with Gasteiger partial charge < -0.3 is 19.5 Å². The van der Waals surface area contributed by atoms with Crippen LogP contribution in [0.4, 0.5) is 4.39 Å². The van der Waals surface area contributed by atoms with Crippen molar-refractivity contribution >= 4 is 63.1 Å². The van der Waals surface area contributed by atoms with E-state index in [1.807, 2.05) is 30.3 Å². The van der Waals surface area contributed by atoms with Gasteiger partial charge in [-0.25, -0.2) is 9.18 Å². The predicted octanol–water partition coefficient (Wildman–Crippen LogP) is 5.67. The highest BCUT2D eigenvalue weighted by molar-refractivity contribution is 14.1. The number of ether oxygens (including phenoxy) is 2. The summed E-state index contributed by atoms with van der Waals surface area (Å²) in [6.07, 6.45) is 2.96. The Hall–Kier alpha value is -2.67. The fourth-order valence-corrected chi connectivity index (χ4v) is 6.30. The summed E-state index contributed by atoms with van der Waals surface area (Å²) in [5, 5.41) is 9.84. The molecular weight excluding hydrogens is 691 g/mol. The van der Waals surface area contributed by atoms with Crippen LogP contribution in [-0.4, -0.2) is 35.0 Å². The van der Waals surface area contributed by atoms with E-state index in [0.29, 0.717) is 17.9 Å². The van der Waals surface area contributed by atoms with E-state index in [4.69, 9.17) is 9.47 Å². The van der Waals surface area contributed by atoms with Crippen LogP contribution in [0.5, 0.6) is 11.5 Å². The minimum atomic E-state index is -1.07. The molecule has 0 radical (unpaired) electrons. The fourth-order valence-electron chi connectivity index (χ4n) is 4.02. The lowest BCUT2D eigenvalue weighted by atomic mass is 9.93. The molecule has 6 nitrogen and oxygen atoms in total. The van der Waals surface area contributed by atoms with E-state index in [1.54, 1.807) is 19.2 Å². The zero-order valence-electron chi connectivity index (χ0n) is 19.2. The molecule has 1 atom stereocenters. The molecule has 0 saturated carbocycles. The Balaban J connectivity index is 1.60. The predicted molar refractivity (Wildman–Crippen MR) is 150 cm³/mol. The monoisotopic (exact) mass is 713 g/mol. The van der Waals surface area contributed by atoms with E-state index in [9.17, 15) is 19.1 Å². The number of hydrogen-bond donors (Lipinski definition) is 1. The zero-order chi connectivity index (χ0) is 25.8. The maximum atomic E-state index is 13.5. The van der Waals surface area contributed by atoms with E-state index in [-0.39, 0.29) is 13.0 Å². The summed E-state index contributed by atoms with van der Waals surface area (Å²) in [7, 11) is 1.61. The molecule has 36 heavy (non-hydrogen) atoms. The molecule has 4 rings (SSSR count). The van der Waals surface area contributed by atoms with Crippen LogP contribution in [0, 0.1) is 13.0 Å². The molecule has 0 saturated heterocycles. The van der Waals surface area contributed by atoms with Crippen LogP contribution in [0.25, 0.3) is 6.08 Å². The summed E-state index contributed by atoms with van der Waals surface area (Å²) >= 11 is 4.39. The number of aliphatic carboxylic acids is 1. The van der Waals surface area contributed by atoms with Gasteiger partial charge in [0.2, 0.25) is 5.91 Å². The number of halogens is 3. The van der Waals surface area contributed by atoms with Gasteiger partial charge in [-0.1, -0.05) is 24.3 Å². The molecule has 3 aromatic rings. The van der Waals surface area contributed by atoms with Gasteiger partial charge in [0.25, 0.3) is 0 Å². The number of fused-ring (bicyclic) bond motifs is 1. The minimum Gasteiger partial charge on any atom is -0.497 e. The molecule has 0 unspecified atom stereocenters. The first-order valence-electron chi connectivity index (χ1n) is 11.0. The Bertz CT molecular complexity index is 1340. The first-order valence-corrected chi connectivity index (χ1v) is 13.1. The summed E-state index contributed by atoms with van der Waals surface area (Å²) in [6, 6.07) is 14.4. The molecule has 1 heterocycles. The molecule has 0 bridgehead atoms. The van der Waals surface area contributed by atoms with Crippen molar-refractivity contribution in [3.63, 3.8) is 0 Å². The third-order valence-electron chi connectivity index (χ3n) is 5.84. The highest BCUT2D eigenvalue weighted by Gasteiger charge is 2.35. The van der Waals surface area contributed by atoms with Gasteiger partial charge in [0.15, 0.2) is 0 Å². The van der Waals surface area contributed by atoms with Crippen LogP contribution in [0.15, 0.2) is 60.7 Å². The van der Waals surface area contributed by atoms with Gasteiger partial charge in [-0.15, -0.1) is 0 Å². The number of carboxylic acid groups (broad SMARTS) is 1. The molecule has 1 N–H and O–H groups in total. The molecule has 9 heteroatoms. The second-order valence-corrected chi connectivity index (χ2v) is 10.4. The molecule has 0 aromatic heterocycles. The number of carboxylic acids is 1. The molecular formula is C27H22FI2NO5. The van der Waals surface area contributed by atoms with Crippen molar-refractivity contribution in [3.05, 3.63) is 95.9 Å². The van der Waals surface area contributed by atoms with Crippen LogP contribution in [0.1, 0.15) is 22.3 Å². The Kier molecular flexibility index (Phi) is 8.50. The van der Waals surface area contributed by atoms with Crippen molar-refractivity contribution in [1.29, 1.82) is 0 Å². The molecule has 0 fully saturated rings. The number of nitrogens with zero attached hydrogens (tertiary/aromatic N) is 1. The maximum Gasteiger partial charge on any atom is 0.326 e. The Morgan fingerprint density at radius 2 is 1.94 bits per heavy atom. The summed E-state index contributed by atoms with van der Waals surface area (Å²) in [6.45, 7) is 0.460. The van der Waals surface area contributed by atoms with Crippen molar-refractivity contribution < 1.29 is 28.6 Å². The van der Waals surface area contributed by atoms with Gasteiger partial charge in [0.05, 0.1) is 14.3 Å². The molecule has 0 aliphatic carbocycles. The summed E-state index contributed by atoms with van der Waals surface area (Å²) in [5.74, 6) is -0.507. The van der Waals surface area contributed by atoms with Gasteiger partial charge in [0, 0.05) is 19.0 Å². The number of carbonyl (C=O) groups is 2. The third kappa shape index (κ3) is 6.00. The van der Waals surface area contributed by atoms with Crippen LogP contribution in [-0.2, 0) is 29.2 Å². The largest absolute Gasteiger partial charge is 0.497 e. The maximum absolute atomic E-state index is 13.5. The van der Waals surface area contributed by atoms with Crippen LogP contribution < -0.4 is 9.47 Å². The highest BCUT2D eigenvalue weighted by Crippen LogP contribution is 2.37. The second kappa shape index (κ2) is 11.6. The number of methoxy groups -OCH3 is 1. The van der Waals surface area contributed by atoms with Crippen molar-refractivity contribution in [2.24, 2.45) is 0 Å². The Morgan fingerprint density at radius 3 is 2.67 bits per heavy atom. The van der Waals surface area contributed by atoms with Gasteiger partial charge in [0.1, 0.15) is 30.0 Å². The average Bonchev–Trinajstić information content (AvgIpc) is 2.86. The first-order chi connectivity index (χ1) is 17.3. The topological polar surface area (TPSA) is 76.1 Å². The summed E-state index contributed by atoms with van der Waals surface area (Å²) < 4.78 is 26.6. The molecule has 1 aliphatic rings. The van der Waals surface area contributed by atoms with E-state index in [2.05, 4.69) is 45.2 Å². The average molecular weight is 713 g/mol. The third-order valence-corrected chi connectivity index (χ3v) is 7.78. The number of hydrogen-bond acceptors (Lipinski definition) is 4. The van der Waals surface area contributed by atoms with Crippen molar-refractivity contribution in [3.8, 4) is 11.5 Å². The van der Waals surface area contributed by atoms with Crippen LogP contribution in [0.3, 0.4) is 0 Å². The van der Waals surface area contributed by atoms with Crippen molar-refractivity contribution in [1.82, 2.24) is 4.90 Å². The van der Waals surface area contributed by atoms with Gasteiger partial charge in [-0.2, -0.15) is 0 Å². The van der Waals surface area contributed by atoms with Gasteiger partial charge in [-0.3, -0.25) is 4.79 Å². The van der Waals surface area contributed by atoms with Crippen molar-refractivity contribution in [2.75, 3.05) is 7.11 Å². The summed E-state index contributed by atoms with van der Waals surface area (Å²) in [5.41, 5.74) is 3.21. The molecule has 0 spiro atoms. The lowest BCUT2D eigenvalue weighted by Crippen LogP contribution is -2.48. The molecule has 1 amide bonds. The quantitative estimate of drug-likeness (QED) is 0.253. The molecule has 186 valence electrons. The highest BCUT2D eigenvalue weighted by atomic mass is 127. The molecule has 3 aromatic carbocycles. The van der Waals surface area contributed by atoms with Crippen LogP contribution in [0.2, 0.25) is 0 Å². The van der Waals surface area contributed by atoms with E-state index in [0.717, 1.165) is 29.6 Å². The number of amides is 1. The van der Waals surface area contributed by atoms with Gasteiger partial charge in [-0.05, 0) is 104 Å². The number of carbonyl (C=O) groups excluding carboxylic acids is 1. The number of benzene rings is 3. The number of rotatable bonds is 7. The smallest absolute Gasteiger partial charge is 0.326 e. The van der Waals surface area contributed by atoms with E-state index < -0.39 is 23.7 Å². The van der Waals surface area contributed by atoms with Gasteiger partial charge >= 0.3 is 5.97 Å². The van der Waals surface area contributed by atoms with Crippen molar-refractivity contribution in [2.45, 2.75) is 25.6 Å². The zero-order valence-corrected chi connectivity index (χ0v) is 23.5. The minimum absolute atomic E-state index is 0.128. The van der Waals surface area contributed by atoms with E-state index >= 15 is 0 Å². The normalized spacial score (nSPS) is 15.0. The SMILES string of the molecule is COc1cccc(COc2c(I)cc3c(c2I)CN(C(=O)/C=C/c2cccc(F)c2)[C@H](C(=O)O)C3)c1. The van der Waals surface area contributed by atoms with E-state index in [1.165, 1.54) is 29.2 Å². The summed E-state index contributed by atoms with van der Waals surface area (Å²) in [4.78, 5) is 26.4. The standard InChI is InChI=1S/C27H22FI2NO5/c1-35-20-7-3-5-17(11-20)15-36-26-22(29)12-18-13-23(27(33)34)31(14-21(18)25(26)30)24(32)9-8-16-4-2-6-19(28)10-16/h2-12,23H,13-15H2,1H3,(H,33,34)/b9-8+/t23-/m0/s1. The second-order valence-electron chi connectivity index (χ2n) is 8.19. The van der Waals surface area contributed by atoms with Crippen LogP contribution >= 0.6 is 45.2 Å². The Labute approximate surface area is 235 Å². The first kappa shape index (κ1) is 26.4. The lowest BCUT2D eigenvalue weighted by molar-refractivity contribution is -0.149. The Morgan fingerprint density at radius 1 is 1.17 bits per heavy atom.